The molecule has 212 valence electrons. The minimum absolute atomic E-state index is 0.259. The van der Waals surface area contributed by atoms with Gasteiger partial charge in [-0.3, -0.25) is 4.31 Å². The highest BCUT2D eigenvalue weighted by Gasteiger charge is 2.26. The second-order valence-electron chi connectivity index (χ2n) is 11.0. The quantitative estimate of drug-likeness (QED) is 0.201. The zero-order valence-electron chi connectivity index (χ0n) is 24.1. The summed E-state index contributed by atoms with van der Waals surface area (Å²) in [5.74, 6) is 0. The summed E-state index contributed by atoms with van der Waals surface area (Å²) < 4.78 is 34.3. The maximum absolute atomic E-state index is 13.6. The fourth-order valence-corrected chi connectivity index (χ4v) is 5.79. The molecule has 2 aromatic carbocycles. The van der Waals surface area contributed by atoms with Crippen LogP contribution in [0.25, 0.3) is 0 Å². The van der Waals surface area contributed by atoms with E-state index in [1.54, 1.807) is 29.2 Å². The Morgan fingerprint density at radius 2 is 1.32 bits per heavy atom. The first kappa shape index (κ1) is 31.7. The normalized spacial score (nSPS) is 11.8. The van der Waals surface area contributed by atoms with Gasteiger partial charge in [-0.15, -0.1) is 0 Å². The van der Waals surface area contributed by atoms with Gasteiger partial charge in [0.25, 0.3) is 10.0 Å². The van der Waals surface area contributed by atoms with Gasteiger partial charge in [-0.25, -0.2) is 13.2 Å². The Kier molecular flexibility index (Phi) is 13.1. The van der Waals surface area contributed by atoms with E-state index in [2.05, 4.69) is 6.92 Å². The van der Waals surface area contributed by atoms with E-state index >= 15 is 0 Å². The summed E-state index contributed by atoms with van der Waals surface area (Å²) in [5, 5.41) is 0. The summed E-state index contributed by atoms with van der Waals surface area (Å²) in [4.78, 5) is 15.0. The van der Waals surface area contributed by atoms with E-state index in [0.717, 1.165) is 18.4 Å². The molecule has 6 nitrogen and oxygen atoms in total. The van der Waals surface area contributed by atoms with Gasteiger partial charge in [0.05, 0.1) is 10.6 Å². The van der Waals surface area contributed by atoms with Gasteiger partial charge in [0.2, 0.25) is 0 Å². The number of anilines is 1. The standard InChI is InChI=1S/C31H48N2O4S/c1-6-7-8-9-10-11-12-16-24-32(30(34)37-31(3,4)5)25-17-26-33(28-18-14-13-15-19-28)38(35,36)29-22-20-27(2)21-23-29/h13-15,18-23H,6-12,16-17,24-26H2,1-5H3. The molecule has 0 saturated heterocycles. The molecule has 0 aliphatic heterocycles. The van der Waals surface area contributed by atoms with Gasteiger partial charge < -0.3 is 9.64 Å². The number of rotatable bonds is 16. The van der Waals surface area contributed by atoms with Crippen molar-refractivity contribution in [1.82, 2.24) is 4.90 Å². The molecule has 0 aliphatic rings. The molecular formula is C31H48N2O4S. The molecule has 0 spiro atoms. The lowest BCUT2D eigenvalue weighted by Gasteiger charge is -2.29. The summed E-state index contributed by atoms with van der Waals surface area (Å²) >= 11 is 0. The molecule has 0 bridgehead atoms. The van der Waals surface area contributed by atoms with Crippen molar-refractivity contribution in [1.29, 1.82) is 0 Å². The molecule has 1 amide bonds. The van der Waals surface area contributed by atoms with E-state index in [1.807, 2.05) is 58.0 Å². The average Bonchev–Trinajstić information content (AvgIpc) is 2.86. The van der Waals surface area contributed by atoms with Gasteiger partial charge in [0, 0.05) is 19.6 Å². The Morgan fingerprint density at radius 1 is 0.763 bits per heavy atom. The van der Waals surface area contributed by atoms with Crippen molar-refractivity contribution in [2.24, 2.45) is 0 Å². The number of nitrogens with zero attached hydrogens (tertiary/aromatic N) is 2. The molecule has 0 aromatic heterocycles. The van der Waals surface area contributed by atoms with E-state index in [4.69, 9.17) is 4.74 Å². The number of amides is 1. The van der Waals surface area contributed by atoms with Crippen LogP contribution in [0.3, 0.4) is 0 Å². The van der Waals surface area contributed by atoms with Crippen molar-refractivity contribution in [2.45, 2.75) is 103 Å². The van der Waals surface area contributed by atoms with Crippen LogP contribution in [0.15, 0.2) is 59.5 Å². The number of ether oxygens (including phenoxy) is 1. The minimum atomic E-state index is -3.75. The number of unbranched alkanes of at least 4 members (excludes halogenated alkanes) is 7. The van der Waals surface area contributed by atoms with Crippen LogP contribution in [0.4, 0.5) is 10.5 Å². The van der Waals surface area contributed by atoms with Crippen LogP contribution in [0.5, 0.6) is 0 Å². The highest BCUT2D eigenvalue weighted by atomic mass is 32.2. The highest BCUT2D eigenvalue weighted by Crippen LogP contribution is 2.24. The maximum atomic E-state index is 13.6. The SMILES string of the molecule is CCCCCCCCCCN(CCCN(c1ccccc1)S(=O)(=O)c1ccc(C)cc1)C(=O)OC(C)(C)C. The molecule has 0 radical (unpaired) electrons. The largest absolute Gasteiger partial charge is 0.444 e. The maximum Gasteiger partial charge on any atom is 0.410 e. The highest BCUT2D eigenvalue weighted by molar-refractivity contribution is 7.92. The molecule has 0 heterocycles. The van der Waals surface area contributed by atoms with Crippen molar-refractivity contribution < 1.29 is 17.9 Å². The van der Waals surface area contributed by atoms with Crippen LogP contribution in [-0.2, 0) is 14.8 Å². The molecule has 0 atom stereocenters. The van der Waals surface area contributed by atoms with Crippen molar-refractivity contribution in [2.75, 3.05) is 23.9 Å². The first-order valence-corrected chi connectivity index (χ1v) is 15.6. The number of para-hydroxylation sites is 1. The second-order valence-corrected chi connectivity index (χ2v) is 12.9. The molecule has 38 heavy (non-hydrogen) atoms. The summed E-state index contributed by atoms with van der Waals surface area (Å²) in [7, 11) is -3.75. The summed E-state index contributed by atoms with van der Waals surface area (Å²) in [5.41, 5.74) is 1.03. The lowest BCUT2D eigenvalue weighted by molar-refractivity contribution is 0.0246. The molecule has 0 aliphatic carbocycles. The van der Waals surface area contributed by atoms with Crippen molar-refractivity contribution in [3.8, 4) is 0 Å². The Morgan fingerprint density at radius 3 is 1.89 bits per heavy atom. The number of hydrogen-bond donors (Lipinski definition) is 0. The van der Waals surface area contributed by atoms with E-state index in [1.165, 1.54) is 42.8 Å². The zero-order valence-corrected chi connectivity index (χ0v) is 24.9. The molecule has 2 aromatic rings. The van der Waals surface area contributed by atoms with Gasteiger partial charge in [-0.05, 0) is 64.8 Å². The Hall–Kier alpha value is -2.54. The van der Waals surface area contributed by atoms with Crippen LogP contribution in [0.1, 0.15) is 91.0 Å². The smallest absolute Gasteiger partial charge is 0.410 e. The van der Waals surface area contributed by atoms with Crippen molar-refractivity contribution >= 4 is 21.8 Å². The third-order valence-corrected chi connectivity index (χ3v) is 8.22. The van der Waals surface area contributed by atoms with E-state index in [0.29, 0.717) is 25.2 Å². The van der Waals surface area contributed by atoms with E-state index in [9.17, 15) is 13.2 Å². The van der Waals surface area contributed by atoms with E-state index in [-0.39, 0.29) is 17.5 Å². The van der Waals surface area contributed by atoms with Gasteiger partial charge in [-0.2, -0.15) is 0 Å². The summed E-state index contributed by atoms with van der Waals surface area (Å²) in [6.07, 6.45) is 9.66. The predicted molar refractivity (Wildman–Crippen MR) is 157 cm³/mol. The molecular weight excluding hydrogens is 496 g/mol. The van der Waals surface area contributed by atoms with Crippen molar-refractivity contribution in [3.63, 3.8) is 0 Å². The third-order valence-electron chi connectivity index (χ3n) is 6.38. The Labute approximate surface area is 231 Å². The van der Waals surface area contributed by atoms with Gasteiger partial charge >= 0.3 is 6.09 Å². The zero-order chi connectivity index (χ0) is 28.0. The molecule has 0 fully saturated rings. The van der Waals surface area contributed by atoms with Crippen LogP contribution in [0.2, 0.25) is 0 Å². The first-order valence-electron chi connectivity index (χ1n) is 14.2. The number of hydrogen-bond acceptors (Lipinski definition) is 4. The lowest BCUT2D eigenvalue weighted by atomic mass is 10.1. The second kappa shape index (κ2) is 15.8. The monoisotopic (exact) mass is 544 g/mol. The first-order chi connectivity index (χ1) is 18.0. The Balaban J connectivity index is 2.06. The number of aryl methyl sites for hydroxylation is 1. The van der Waals surface area contributed by atoms with Gasteiger partial charge in [0.1, 0.15) is 5.60 Å². The lowest BCUT2D eigenvalue weighted by Crippen LogP contribution is -2.40. The fraction of sp³-hybridized carbons (Fsp3) is 0.581. The number of carbonyl (C=O) groups excluding carboxylic acids is 1. The number of benzene rings is 2. The van der Waals surface area contributed by atoms with Gasteiger partial charge in [0.15, 0.2) is 0 Å². The Bertz CT molecular complexity index is 1050. The average molecular weight is 545 g/mol. The topological polar surface area (TPSA) is 66.9 Å². The number of sulfonamides is 1. The fourth-order valence-electron chi connectivity index (χ4n) is 4.28. The number of carbonyl (C=O) groups is 1. The summed E-state index contributed by atoms with van der Waals surface area (Å²) in [6.45, 7) is 11.1. The molecule has 7 heteroatoms. The van der Waals surface area contributed by atoms with Crippen molar-refractivity contribution in [3.05, 3.63) is 60.2 Å². The molecule has 0 unspecified atom stereocenters. The van der Waals surface area contributed by atoms with Gasteiger partial charge in [-0.1, -0.05) is 87.8 Å². The third kappa shape index (κ3) is 11.1. The van der Waals surface area contributed by atoms with Crippen LogP contribution in [-0.4, -0.2) is 44.6 Å². The van der Waals surface area contributed by atoms with Crippen LogP contribution >= 0.6 is 0 Å². The minimum Gasteiger partial charge on any atom is -0.444 e. The van der Waals surface area contributed by atoms with Crippen LogP contribution < -0.4 is 4.31 Å². The predicted octanol–water partition coefficient (Wildman–Crippen LogP) is 7.96. The molecule has 2 rings (SSSR count). The molecule has 0 N–H and O–H groups in total. The van der Waals surface area contributed by atoms with Crippen LogP contribution in [0, 0.1) is 6.92 Å². The van der Waals surface area contributed by atoms with E-state index < -0.39 is 15.6 Å². The molecule has 0 saturated carbocycles. The summed E-state index contributed by atoms with van der Waals surface area (Å²) in [6, 6.07) is 16.1.